The molecule has 34 heavy (non-hydrogen) atoms. The highest BCUT2D eigenvalue weighted by Crippen LogP contribution is 2.30. The number of sulfonamides is 1. The van der Waals surface area contributed by atoms with Gasteiger partial charge in [-0.1, -0.05) is 32.0 Å². The van der Waals surface area contributed by atoms with Crippen LogP contribution in [0.25, 0.3) is 0 Å². The molecule has 0 radical (unpaired) electrons. The van der Waals surface area contributed by atoms with Crippen molar-refractivity contribution in [3.05, 3.63) is 72.2 Å². The van der Waals surface area contributed by atoms with Crippen molar-refractivity contribution in [2.45, 2.75) is 45.3 Å². The summed E-state index contributed by atoms with van der Waals surface area (Å²) in [5.41, 5.74) is 0.241. The predicted octanol–water partition coefficient (Wildman–Crippen LogP) is 4.93. The summed E-state index contributed by atoms with van der Waals surface area (Å²) in [4.78, 5) is 13.0. The number of carbonyl (C=O) groups excluding carboxylic acids is 1. The van der Waals surface area contributed by atoms with E-state index in [2.05, 4.69) is 5.32 Å². The summed E-state index contributed by atoms with van der Waals surface area (Å²) in [6.45, 7) is 8.08. The van der Waals surface area contributed by atoms with Gasteiger partial charge >= 0.3 is 0 Å². The minimum absolute atomic E-state index is 0.0685. The molecule has 0 saturated heterocycles. The number of hydrogen-bond acceptors (Lipinski definition) is 6. The van der Waals surface area contributed by atoms with E-state index < -0.39 is 15.9 Å². The molecule has 0 fully saturated rings. The SMILES string of the molecule is CCN(CC)S(=O)(=O)c1ccc(OC(C)C)c(NC(=O)c2ccc(COc3ccccc3)o2)c1. The number of nitrogens with one attached hydrogen (secondary N) is 1. The van der Waals surface area contributed by atoms with Crippen molar-refractivity contribution < 1.29 is 27.1 Å². The van der Waals surface area contributed by atoms with Crippen molar-refractivity contribution in [1.29, 1.82) is 0 Å². The third-order valence-corrected chi connectivity index (χ3v) is 6.96. The Bertz CT molecular complexity index is 1200. The van der Waals surface area contributed by atoms with E-state index in [-0.39, 0.29) is 29.1 Å². The maximum Gasteiger partial charge on any atom is 0.291 e. The number of furan rings is 1. The van der Waals surface area contributed by atoms with Crippen molar-refractivity contribution in [2.24, 2.45) is 0 Å². The largest absolute Gasteiger partial charge is 0.489 e. The second-order valence-electron chi connectivity index (χ2n) is 7.74. The van der Waals surface area contributed by atoms with E-state index in [0.717, 1.165) is 0 Å². The lowest BCUT2D eigenvalue weighted by atomic mass is 10.2. The van der Waals surface area contributed by atoms with Gasteiger partial charge < -0.3 is 19.2 Å². The Hall–Kier alpha value is -3.30. The molecule has 2 aromatic carbocycles. The molecule has 9 heteroatoms. The molecule has 3 rings (SSSR count). The Balaban J connectivity index is 1.81. The van der Waals surface area contributed by atoms with Crippen LogP contribution in [0.1, 0.15) is 44.0 Å². The molecule has 182 valence electrons. The van der Waals surface area contributed by atoms with Crippen LogP contribution in [0.2, 0.25) is 0 Å². The first kappa shape index (κ1) is 25.3. The molecule has 0 spiro atoms. The van der Waals surface area contributed by atoms with Gasteiger partial charge in [0.2, 0.25) is 10.0 Å². The van der Waals surface area contributed by atoms with E-state index in [0.29, 0.717) is 30.3 Å². The Morgan fingerprint density at radius 3 is 2.38 bits per heavy atom. The van der Waals surface area contributed by atoms with Crippen LogP contribution in [0.3, 0.4) is 0 Å². The van der Waals surface area contributed by atoms with E-state index in [9.17, 15) is 13.2 Å². The lowest BCUT2D eigenvalue weighted by Crippen LogP contribution is -2.30. The van der Waals surface area contributed by atoms with Crippen LogP contribution < -0.4 is 14.8 Å². The number of ether oxygens (including phenoxy) is 2. The number of benzene rings is 2. The van der Waals surface area contributed by atoms with Gasteiger partial charge in [0.05, 0.1) is 16.7 Å². The fourth-order valence-corrected chi connectivity index (χ4v) is 4.75. The van der Waals surface area contributed by atoms with Gasteiger partial charge in [0, 0.05) is 13.1 Å². The number of carbonyl (C=O) groups is 1. The molecule has 0 saturated carbocycles. The average molecular weight is 487 g/mol. The van der Waals surface area contributed by atoms with E-state index in [4.69, 9.17) is 13.9 Å². The van der Waals surface area contributed by atoms with Gasteiger partial charge in [-0.3, -0.25) is 4.79 Å². The summed E-state index contributed by atoms with van der Waals surface area (Å²) in [5.74, 6) is 1.06. The van der Waals surface area contributed by atoms with Crippen molar-refractivity contribution in [3.8, 4) is 11.5 Å². The van der Waals surface area contributed by atoms with Crippen LogP contribution in [-0.4, -0.2) is 37.8 Å². The zero-order valence-electron chi connectivity index (χ0n) is 19.8. The van der Waals surface area contributed by atoms with E-state index in [1.165, 1.54) is 16.4 Å². The Morgan fingerprint density at radius 1 is 1.03 bits per heavy atom. The molecule has 3 aromatic rings. The summed E-state index contributed by atoms with van der Waals surface area (Å²) >= 11 is 0. The van der Waals surface area contributed by atoms with E-state index in [1.807, 2.05) is 44.2 Å². The minimum Gasteiger partial charge on any atom is -0.489 e. The quantitative estimate of drug-likeness (QED) is 0.413. The second kappa shape index (κ2) is 11.2. The maximum atomic E-state index is 13.0. The number of nitrogens with zero attached hydrogens (tertiary/aromatic N) is 1. The van der Waals surface area contributed by atoms with Crippen molar-refractivity contribution in [2.75, 3.05) is 18.4 Å². The van der Waals surface area contributed by atoms with Crippen LogP contribution >= 0.6 is 0 Å². The Morgan fingerprint density at radius 2 is 1.74 bits per heavy atom. The van der Waals surface area contributed by atoms with Crippen LogP contribution in [-0.2, 0) is 16.6 Å². The topological polar surface area (TPSA) is 98.1 Å². The zero-order valence-corrected chi connectivity index (χ0v) is 20.6. The molecule has 0 unspecified atom stereocenters. The number of amides is 1. The van der Waals surface area contributed by atoms with Gasteiger partial charge in [0.25, 0.3) is 5.91 Å². The number of para-hydroxylation sites is 1. The lowest BCUT2D eigenvalue weighted by Gasteiger charge is -2.20. The second-order valence-corrected chi connectivity index (χ2v) is 9.67. The molecule has 1 amide bonds. The summed E-state index contributed by atoms with van der Waals surface area (Å²) in [6.07, 6.45) is -0.175. The number of hydrogen-bond donors (Lipinski definition) is 1. The highest BCUT2D eigenvalue weighted by Gasteiger charge is 2.24. The molecule has 1 heterocycles. The molecule has 0 bridgehead atoms. The summed E-state index contributed by atoms with van der Waals surface area (Å²) < 4.78 is 44.3. The summed E-state index contributed by atoms with van der Waals surface area (Å²) in [5, 5.41) is 2.73. The van der Waals surface area contributed by atoms with Crippen LogP contribution in [0.15, 0.2) is 70.0 Å². The number of rotatable bonds is 11. The average Bonchev–Trinajstić information content (AvgIpc) is 3.29. The van der Waals surface area contributed by atoms with E-state index >= 15 is 0 Å². The van der Waals surface area contributed by atoms with Crippen molar-refractivity contribution in [1.82, 2.24) is 4.31 Å². The maximum absolute atomic E-state index is 13.0. The van der Waals surface area contributed by atoms with Gasteiger partial charge in [-0.05, 0) is 56.3 Å². The first-order valence-corrected chi connectivity index (χ1v) is 12.6. The first-order chi connectivity index (χ1) is 16.2. The standard InChI is InChI=1S/C25H30N2O6S/c1-5-27(6-2)34(29,30)21-13-15-23(32-18(3)4)22(16-21)26-25(28)24-14-12-20(33-24)17-31-19-10-8-7-9-11-19/h7-16,18H,5-6,17H2,1-4H3,(H,26,28). The summed E-state index contributed by atoms with van der Waals surface area (Å²) in [7, 11) is -3.71. The van der Waals surface area contributed by atoms with Crippen LogP contribution in [0, 0.1) is 0 Å². The highest BCUT2D eigenvalue weighted by molar-refractivity contribution is 7.89. The Kier molecular flexibility index (Phi) is 8.36. The van der Waals surface area contributed by atoms with Crippen LogP contribution in [0.4, 0.5) is 5.69 Å². The fourth-order valence-electron chi connectivity index (χ4n) is 3.27. The Labute approximate surface area is 200 Å². The van der Waals surface area contributed by atoms with Crippen molar-refractivity contribution in [3.63, 3.8) is 0 Å². The smallest absolute Gasteiger partial charge is 0.291 e. The van der Waals surface area contributed by atoms with Crippen LogP contribution in [0.5, 0.6) is 11.5 Å². The fraction of sp³-hybridized carbons (Fsp3) is 0.320. The molecule has 8 nitrogen and oxygen atoms in total. The molecule has 1 N–H and O–H groups in total. The van der Waals surface area contributed by atoms with Gasteiger partial charge in [0.1, 0.15) is 23.9 Å². The normalized spacial score (nSPS) is 11.6. The third kappa shape index (κ3) is 6.18. The molecule has 0 aliphatic rings. The highest BCUT2D eigenvalue weighted by atomic mass is 32.2. The minimum atomic E-state index is -3.71. The van der Waals surface area contributed by atoms with Gasteiger partial charge in [-0.15, -0.1) is 0 Å². The molecular weight excluding hydrogens is 456 g/mol. The number of anilines is 1. The van der Waals surface area contributed by atoms with Gasteiger partial charge in [0.15, 0.2) is 5.76 Å². The zero-order chi connectivity index (χ0) is 24.7. The van der Waals surface area contributed by atoms with Gasteiger partial charge in [-0.2, -0.15) is 4.31 Å². The monoisotopic (exact) mass is 486 g/mol. The predicted molar refractivity (Wildman–Crippen MR) is 130 cm³/mol. The lowest BCUT2D eigenvalue weighted by molar-refractivity contribution is 0.0991. The molecule has 0 atom stereocenters. The molecule has 0 aliphatic heterocycles. The molecule has 0 aliphatic carbocycles. The van der Waals surface area contributed by atoms with Gasteiger partial charge in [-0.25, -0.2) is 8.42 Å². The third-order valence-electron chi connectivity index (χ3n) is 4.91. The van der Waals surface area contributed by atoms with E-state index in [1.54, 1.807) is 32.0 Å². The first-order valence-electron chi connectivity index (χ1n) is 11.1. The molecular formula is C25H30N2O6S. The van der Waals surface area contributed by atoms with Crippen molar-refractivity contribution >= 4 is 21.6 Å². The molecule has 1 aromatic heterocycles. The summed E-state index contributed by atoms with van der Waals surface area (Å²) in [6, 6.07) is 16.9.